The lowest BCUT2D eigenvalue weighted by molar-refractivity contribution is -0.113. The molecule has 0 spiro atoms. The molecule has 0 unspecified atom stereocenters. The van der Waals surface area contributed by atoms with Gasteiger partial charge in [-0.1, -0.05) is 54.2 Å². The standard InChI is InChI=1S/C22H20N4O2S/c1-3-12-26-21(17-11-13-28-15(17)2)24-25-22(26)29-14-20(27)23-19-10-6-8-16-7-4-5-9-18(16)19/h3-11,13H,1,12,14H2,2H3,(H,23,27). The average Bonchev–Trinajstić information content (AvgIpc) is 3.32. The van der Waals surface area contributed by atoms with E-state index in [4.69, 9.17) is 4.42 Å². The smallest absolute Gasteiger partial charge is 0.234 e. The van der Waals surface area contributed by atoms with E-state index in [0.29, 0.717) is 17.5 Å². The summed E-state index contributed by atoms with van der Waals surface area (Å²) in [5, 5.41) is 14.3. The van der Waals surface area contributed by atoms with E-state index in [9.17, 15) is 4.79 Å². The van der Waals surface area contributed by atoms with E-state index >= 15 is 0 Å². The summed E-state index contributed by atoms with van der Waals surface area (Å²) in [6.45, 7) is 6.24. The van der Waals surface area contributed by atoms with E-state index in [1.165, 1.54) is 11.8 Å². The van der Waals surface area contributed by atoms with Crippen molar-refractivity contribution in [1.29, 1.82) is 0 Å². The highest BCUT2D eigenvalue weighted by Crippen LogP contribution is 2.28. The molecular weight excluding hydrogens is 384 g/mol. The van der Waals surface area contributed by atoms with Crippen molar-refractivity contribution in [2.75, 3.05) is 11.1 Å². The van der Waals surface area contributed by atoms with Gasteiger partial charge in [0.1, 0.15) is 5.76 Å². The Morgan fingerprint density at radius 2 is 2.03 bits per heavy atom. The number of benzene rings is 2. The molecule has 0 saturated heterocycles. The second kappa shape index (κ2) is 8.36. The first kappa shape index (κ1) is 19.0. The van der Waals surface area contributed by atoms with Crippen molar-refractivity contribution in [1.82, 2.24) is 14.8 Å². The Bertz CT molecular complexity index is 1170. The number of nitrogens with zero attached hydrogens (tertiary/aromatic N) is 3. The first-order chi connectivity index (χ1) is 14.2. The zero-order chi connectivity index (χ0) is 20.2. The number of amides is 1. The maximum Gasteiger partial charge on any atom is 0.234 e. The zero-order valence-corrected chi connectivity index (χ0v) is 16.8. The lowest BCUT2D eigenvalue weighted by Gasteiger charge is -2.09. The Balaban J connectivity index is 1.50. The van der Waals surface area contributed by atoms with Crippen LogP contribution in [0.2, 0.25) is 0 Å². The predicted molar refractivity (Wildman–Crippen MR) is 116 cm³/mol. The van der Waals surface area contributed by atoms with Crippen molar-refractivity contribution in [2.24, 2.45) is 0 Å². The fourth-order valence-electron chi connectivity index (χ4n) is 3.16. The summed E-state index contributed by atoms with van der Waals surface area (Å²) in [5.74, 6) is 1.60. The second-order valence-corrected chi connectivity index (χ2v) is 7.40. The van der Waals surface area contributed by atoms with Crippen LogP contribution in [0, 0.1) is 6.92 Å². The summed E-state index contributed by atoms with van der Waals surface area (Å²) in [6.07, 6.45) is 3.41. The highest BCUT2D eigenvalue weighted by molar-refractivity contribution is 7.99. The molecule has 1 amide bonds. The SMILES string of the molecule is C=CCn1c(SCC(=O)Nc2cccc3ccccc23)nnc1-c1ccoc1C. The van der Waals surface area contributed by atoms with Crippen LogP contribution in [0.4, 0.5) is 5.69 Å². The van der Waals surface area contributed by atoms with Crippen molar-refractivity contribution in [3.8, 4) is 11.4 Å². The third kappa shape index (κ3) is 3.95. The number of hydrogen-bond acceptors (Lipinski definition) is 5. The number of aryl methyl sites for hydroxylation is 1. The van der Waals surface area contributed by atoms with Crippen molar-refractivity contribution in [3.63, 3.8) is 0 Å². The number of hydrogen-bond donors (Lipinski definition) is 1. The molecule has 0 aliphatic rings. The number of fused-ring (bicyclic) bond motifs is 1. The van der Waals surface area contributed by atoms with Crippen LogP contribution in [0.1, 0.15) is 5.76 Å². The van der Waals surface area contributed by atoms with Gasteiger partial charge in [-0.25, -0.2) is 0 Å². The highest BCUT2D eigenvalue weighted by atomic mass is 32.2. The minimum atomic E-state index is -0.0967. The maximum atomic E-state index is 12.6. The summed E-state index contributed by atoms with van der Waals surface area (Å²) < 4.78 is 7.31. The molecule has 0 saturated carbocycles. The summed E-state index contributed by atoms with van der Waals surface area (Å²) in [5.41, 5.74) is 1.68. The number of carbonyl (C=O) groups excluding carboxylic acids is 1. The van der Waals surface area contributed by atoms with Gasteiger partial charge in [0.05, 0.1) is 17.6 Å². The van der Waals surface area contributed by atoms with Gasteiger partial charge in [-0.15, -0.1) is 16.8 Å². The van der Waals surface area contributed by atoms with Crippen LogP contribution in [0.15, 0.2) is 77.0 Å². The van der Waals surface area contributed by atoms with Gasteiger partial charge in [-0.3, -0.25) is 9.36 Å². The monoisotopic (exact) mass is 404 g/mol. The molecule has 2 aromatic carbocycles. The molecule has 0 aliphatic heterocycles. The van der Waals surface area contributed by atoms with Gasteiger partial charge in [-0.2, -0.15) is 0 Å². The van der Waals surface area contributed by atoms with Gasteiger partial charge in [0.2, 0.25) is 5.91 Å². The molecule has 0 aliphatic carbocycles. The molecule has 6 nitrogen and oxygen atoms in total. The third-order valence-corrected chi connectivity index (χ3v) is 5.49. The average molecular weight is 404 g/mol. The van der Waals surface area contributed by atoms with Crippen molar-refractivity contribution < 1.29 is 9.21 Å². The minimum absolute atomic E-state index is 0.0967. The van der Waals surface area contributed by atoms with E-state index in [2.05, 4.69) is 22.1 Å². The largest absolute Gasteiger partial charge is 0.469 e. The molecule has 146 valence electrons. The Kier molecular flexibility index (Phi) is 5.48. The topological polar surface area (TPSA) is 73.0 Å². The lowest BCUT2D eigenvalue weighted by atomic mass is 10.1. The Hall–Kier alpha value is -3.32. The van der Waals surface area contributed by atoms with E-state index in [0.717, 1.165) is 27.8 Å². The van der Waals surface area contributed by atoms with Gasteiger partial charge in [0.15, 0.2) is 11.0 Å². The van der Waals surface area contributed by atoms with Gasteiger partial charge in [-0.05, 0) is 24.4 Å². The summed E-state index contributed by atoms with van der Waals surface area (Å²) >= 11 is 1.34. The number of thioether (sulfide) groups is 1. The molecular formula is C22H20N4O2S. The van der Waals surface area contributed by atoms with Crippen LogP contribution in [0.5, 0.6) is 0 Å². The minimum Gasteiger partial charge on any atom is -0.469 e. The molecule has 2 aromatic heterocycles. The molecule has 7 heteroatoms. The van der Waals surface area contributed by atoms with E-state index in [-0.39, 0.29) is 11.7 Å². The Morgan fingerprint density at radius 1 is 1.21 bits per heavy atom. The quantitative estimate of drug-likeness (QED) is 0.350. The van der Waals surface area contributed by atoms with E-state index in [1.807, 2.05) is 60.0 Å². The van der Waals surface area contributed by atoms with Gasteiger partial charge in [0.25, 0.3) is 0 Å². The number of aromatic nitrogens is 3. The molecule has 0 fully saturated rings. The first-order valence-corrected chi connectivity index (χ1v) is 10.1. The molecule has 0 atom stereocenters. The predicted octanol–water partition coefficient (Wildman–Crippen LogP) is 4.92. The fraction of sp³-hybridized carbons (Fsp3) is 0.136. The van der Waals surface area contributed by atoms with Crippen LogP contribution in [0.3, 0.4) is 0 Å². The van der Waals surface area contributed by atoms with Crippen molar-refractivity contribution in [2.45, 2.75) is 18.6 Å². The Labute approximate surface area is 172 Å². The van der Waals surface area contributed by atoms with Crippen molar-refractivity contribution in [3.05, 3.63) is 73.2 Å². The number of allylic oxidation sites excluding steroid dienone is 1. The number of rotatable bonds is 7. The fourth-order valence-corrected chi connectivity index (χ4v) is 3.90. The highest BCUT2D eigenvalue weighted by Gasteiger charge is 2.17. The lowest BCUT2D eigenvalue weighted by Crippen LogP contribution is -2.15. The number of furan rings is 1. The van der Waals surface area contributed by atoms with Crippen LogP contribution in [-0.4, -0.2) is 26.4 Å². The van der Waals surface area contributed by atoms with Gasteiger partial charge >= 0.3 is 0 Å². The first-order valence-electron chi connectivity index (χ1n) is 9.16. The van der Waals surface area contributed by atoms with Crippen molar-refractivity contribution >= 4 is 34.1 Å². The number of anilines is 1. The van der Waals surface area contributed by atoms with Crippen LogP contribution >= 0.6 is 11.8 Å². The molecule has 1 N–H and O–H groups in total. The molecule has 2 heterocycles. The van der Waals surface area contributed by atoms with Gasteiger partial charge < -0.3 is 9.73 Å². The zero-order valence-electron chi connectivity index (χ0n) is 16.0. The summed E-state index contributed by atoms with van der Waals surface area (Å²) in [7, 11) is 0. The Morgan fingerprint density at radius 3 is 2.83 bits per heavy atom. The summed E-state index contributed by atoms with van der Waals surface area (Å²) in [6, 6.07) is 15.7. The van der Waals surface area contributed by atoms with Crippen LogP contribution in [-0.2, 0) is 11.3 Å². The molecule has 0 radical (unpaired) electrons. The van der Waals surface area contributed by atoms with Crippen LogP contribution < -0.4 is 5.32 Å². The third-order valence-electron chi connectivity index (χ3n) is 4.52. The van der Waals surface area contributed by atoms with E-state index < -0.39 is 0 Å². The van der Waals surface area contributed by atoms with E-state index in [1.54, 1.807) is 12.3 Å². The number of nitrogens with one attached hydrogen (secondary N) is 1. The number of carbonyl (C=O) groups is 1. The summed E-state index contributed by atoms with van der Waals surface area (Å²) in [4.78, 5) is 12.6. The molecule has 29 heavy (non-hydrogen) atoms. The molecule has 4 aromatic rings. The normalized spacial score (nSPS) is 10.9. The molecule has 4 rings (SSSR count). The van der Waals surface area contributed by atoms with Gasteiger partial charge in [0, 0.05) is 17.6 Å². The second-order valence-electron chi connectivity index (χ2n) is 6.46. The van der Waals surface area contributed by atoms with Crippen LogP contribution in [0.25, 0.3) is 22.2 Å². The molecule has 0 bridgehead atoms. The maximum absolute atomic E-state index is 12.6.